The van der Waals surface area contributed by atoms with Crippen LogP contribution in [0.1, 0.15) is 77.8 Å². The number of benzene rings is 2. The van der Waals surface area contributed by atoms with Gasteiger partial charge in [0.2, 0.25) is 23.7 Å². The van der Waals surface area contributed by atoms with Crippen LogP contribution in [0.25, 0.3) is 16.8 Å². The third-order valence-corrected chi connectivity index (χ3v) is 10.8. The number of piperazine rings is 1. The number of carbonyl (C=O) groups is 5. The van der Waals surface area contributed by atoms with Crippen molar-refractivity contribution in [2.75, 3.05) is 48.3 Å². The fourth-order valence-electron chi connectivity index (χ4n) is 7.70. The van der Waals surface area contributed by atoms with E-state index in [1.54, 1.807) is 37.0 Å². The first kappa shape index (κ1) is 37.3. The molecule has 0 saturated carbocycles. The molecule has 8 rings (SSSR count). The van der Waals surface area contributed by atoms with Crippen LogP contribution in [0.2, 0.25) is 0 Å². The Morgan fingerprint density at radius 3 is 2.44 bits per heavy atom. The molecule has 0 radical (unpaired) electrons. The highest BCUT2D eigenvalue weighted by atomic mass is 16.3. The van der Waals surface area contributed by atoms with Crippen LogP contribution in [0.15, 0.2) is 77.8 Å². The van der Waals surface area contributed by atoms with E-state index in [0.717, 1.165) is 78.4 Å². The van der Waals surface area contributed by atoms with Crippen LogP contribution in [-0.2, 0) is 20.9 Å². The normalized spacial score (nSPS) is 17.0. The molecule has 6 heterocycles. The highest BCUT2D eigenvalue weighted by molar-refractivity contribution is 6.23. The Hall–Kier alpha value is -6.58. The molecular weight excluding hydrogens is 729 g/mol. The van der Waals surface area contributed by atoms with Crippen molar-refractivity contribution in [1.82, 2.24) is 34.7 Å². The highest BCUT2D eigenvalue weighted by Crippen LogP contribution is 2.30. The van der Waals surface area contributed by atoms with Gasteiger partial charge in [-0.05, 0) is 67.3 Å². The monoisotopic (exact) mass is 772 g/mol. The maximum Gasteiger partial charge on any atom is 0.262 e. The summed E-state index contributed by atoms with van der Waals surface area (Å²) in [5.74, 6) is -0.410. The lowest BCUT2D eigenvalue weighted by molar-refractivity contribution is -0.136. The van der Waals surface area contributed by atoms with E-state index in [1.807, 2.05) is 21.4 Å². The predicted octanol–water partition coefficient (Wildman–Crippen LogP) is 4.50. The molecule has 16 nitrogen and oxygen atoms in total. The molecule has 294 valence electrons. The van der Waals surface area contributed by atoms with E-state index in [2.05, 4.69) is 60.3 Å². The molecule has 57 heavy (non-hydrogen) atoms. The Labute approximate surface area is 328 Å². The standard InChI is InChI=1S/C41H44N10O6/c52-35-16-15-34(38(54)46-35)51-39(55)31-14-11-28(23-32(31)40(51)56)42-17-5-3-1-2-4-8-36(53)49-20-18-48(19-21-49)29-12-9-27(10-13-29)33-25-44-41(50-26-45-47-37(33)50)43-24-30-7-6-22-57-30/h6-7,9-14,22-23,25-26,34,42H,1-5,8,15-21,24H2,(H,43,44)(H,46,52,54). The Morgan fingerprint density at radius 1 is 0.860 bits per heavy atom. The number of hydrogen-bond donors (Lipinski definition) is 3. The van der Waals surface area contributed by atoms with E-state index in [0.29, 0.717) is 44.2 Å². The summed E-state index contributed by atoms with van der Waals surface area (Å²) in [4.78, 5) is 72.7. The quantitative estimate of drug-likeness (QED) is 0.100. The number of rotatable bonds is 15. The molecule has 0 bridgehead atoms. The summed E-state index contributed by atoms with van der Waals surface area (Å²) in [7, 11) is 0. The van der Waals surface area contributed by atoms with Crippen LogP contribution in [-0.4, -0.2) is 97.7 Å². The van der Waals surface area contributed by atoms with Gasteiger partial charge in [0.1, 0.15) is 18.1 Å². The number of amides is 5. The van der Waals surface area contributed by atoms with Gasteiger partial charge in [0, 0.05) is 68.7 Å². The zero-order chi connectivity index (χ0) is 39.3. The van der Waals surface area contributed by atoms with Crippen molar-refractivity contribution < 1.29 is 28.4 Å². The fraction of sp³-hybridized carbons (Fsp3) is 0.366. The first-order chi connectivity index (χ1) is 27.8. The van der Waals surface area contributed by atoms with E-state index in [4.69, 9.17) is 4.42 Å². The number of carbonyl (C=O) groups excluding carboxylic acids is 5. The lowest BCUT2D eigenvalue weighted by Crippen LogP contribution is -2.54. The van der Waals surface area contributed by atoms with Gasteiger partial charge in [0.25, 0.3) is 11.8 Å². The van der Waals surface area contributed by atoms with Gasteiger partial charge in [0.15, 0.2) is 5.65 Å². The number of aromatic nitrogens is 4. The van der Waals surface area contributed by atoms with Gasteiger partial charge in [-0.3, -0.25) is 38.6 Å². The van der Waals surface area contributed by atoms with Gasteiger partial charge in [-0.2, -0.15) is 0 Å². The van der Waals surface area contributed by atoms with Crippen LogP contribution in [0.5, 0.6) is 0 Å². The molecule has 2 saturated heterocycles. The first-order valence-electron chi connectivity index (χ1n) is 19.5. The Balaban J connectivity index is 0.722. The summed E-state index contributed by atoms with van der Waals surface area (Å²) in [6.07, 6.45) is 10.6. The molecule has 16 heteroatoms. The van der Waals surface area contributed by atoms with Crippen LogP contribution in [0, 0.1) is 0 Å². The van der Waals surface area contributed by atoms with Crippen LogP contribution < -0.4 is 20.9 Å². The summed E-state index contributed by atoms with van der Waals surface area (Å²) < 4.78 is 7.24. The van der Waals surface area contributed by atoms with Gasteiger partial charge in [-0.1, -0.05) is 31.4 Å². The van der Waals surface area contributed by atoms with Crippen molar-refractivity contribution in [3.8, 4) is 11.1 Å². The average Bonchev–Trinajstić information content (AvgIpc) is 3.99. The SMILES string of the molecule is O=C1CCC(N2C(=O)c3ccc(NCCCCCCCC(=O)N4CCN(c5ccc(-c6cnc(NCc7ccco7)n7cnnc67)cc5)CC4)cc3C2=O)C(=O)N1. The molecule has 3 aromatic heterocycles. The van der Waals surface area contributed by atoms with Gasteiger partial charge in [0.05, 0.1) is 23.9 Å². The topological polar surface area (TPSA) is 187 Å². The maximum atomic E-state index is 13.1. The molecule has 3 N–H and O–H groups in total. The van der Waals surface area contributed by atoms with E-state index >= 15 is 0 Å². The van der Waals surface area contributed by atoms with Crippen molar-refractivity contribution in [1.29, 1.82) is 0 Å². The van der Waals surface area contributed by atoms with Crippen molar-refractivity contribution in [2.45, 2.75) is 64.0 Å². The van der Waals surface area contributed by atoms with E-state index in [-0.39, 0.29) is 29.9 Å². The highest BCUT2D eigenvalue weighted by Gasteiger charge is 2.44. The molecule has 2 fully saturated rings. The number of piperidine rings is 1. The molecule has 1 atom stereocenters. The summed E-state index contributed by atoms with van der Waals surface area (Å²) in [5.41, 5.74) is 4.94. The predicted molar refractivity (Wildman–Crippen MR) is 210 cm³/mol. The minimum atomic E-state index is -0.979. The third-order valence-electron chi connectivity index (χ3n) is 10.8. The second-order valence-electron chi connectivity index (χ2n) is 14.5. The van der Waals surface area contributed by atoms with Crippen molar-refractivity contribution in [3.05, 3.63) is 90.3 Å². The van der Waals surface area contributed by atoms with E-state index < -0.39 is 29.7 Å². The number of hydrogen-bond acceptors (Lipinski definition) is 12. The van der Waals surface area contributed by atoms with E-state index in [1.165, 1.54) is 0 Å². The van der Waals surface area contributed by atoms with Gasteiger partial charge >= 0.3 is 0 Å². The molecule has 0 aliphatic carbocycles. The second-order valence-corrected chi connectivity index (χ2v) is 14.5. The Kier molecular flexibility index (Phi) is 10.9. The summed E-state index contributed by atoms with van der Waals surface area (Å²) in [6.45, 7) is 4.14. The molecule has 3 aliphatic heterocycles. The van der Waals surface area contributed by atoms with Gasteiger partial charge in [-0.15, -0.1) is 10.2 Å². The van der Waals surface area contributed by atoms with Crippen molar-refractivity contribution in [2.24, 2.45) is 0 Å². The van der Waals surface area contributed by atoms with Crippen LogP contribution in [0.3, 0.4) is 0 Å². The van der Waals surface area contributed by atoms with Crippen LogP contribution >= 0.6 is 0 Å². The minimum absolute atomic E-state index is 0.0845. The number of furan rings is 1. The largest absolute Gasteiger partial charge is 0.467 e. The summed E-state index contributed by atoms with van der Waals surface area (Å²) >= 11 is 0. The summed E-state index contributed by atoms with van der Waals surface area (Å²) in [5, 5.41) is 17.3. The van der Waals surface area contributed by atoms with Crippen molar-refractivity contribution in [3.63, 3.8) is 0 Å². The van der Waals surface area contributed by atoms with Gasteiger partial charge < -0.3 is 24.9 Å². The number of nitrogens with one attached hydrogen (secondary N) is 3. The molecule has 1 unspecified atom stereocenters. The lowest BCUT2D eigenvalue weighted by Gasteiger charge is -2.36. The maximum absolute atomic E-state index is 13.1. The average molecular weight is 773 g/mol. The molecule has 0 spiro atoms. The number of anilines is 3. The number of fused-ring (bicyclic) bond motifs is 2. The smallest absolute Gasteiger partial charge is 0.262 e. The zero-order valence-corrected chi connectivity index (χ0v) is 31.5. The zero-order valence-electron chi connectivity index (χ0n) is 31.5. The molecule has 5 aromatic rings. The minimum Gasteiger partial charge on any atom is -0.467 e. The summed E-state index contributed by atoms with van der Waals surface area (Å²) in [6, 6.07) is 16.1. The fourth-order valence-corrected chi connectivity index (χ4v) is 7.70. The van der Waals surface area contributed by atoms with Gasteiger partial charge in [-0.25, -0.2) is 4.98 Å². The third kappa shape index (κ3) is 8.06. The lowest BCUT2D eigenvalue weighted by atomic mass is 10.0. The number of nitrogens with zero attached hydrogens (tertiary/aromatic N) is 7. The Morgan fingerprint density at radius 2 is 1.65 bits per heavy atom. The number of imide groups is 2. The number of unbranched alkanes of at least 4 members (excludes halogenated alkanes) is 4. The molecule has 5 amide bonds. The molecule has 2 aromatic carbocycles. The van der Waals surface area contributed by atoms with Crippen LogP contribution in [0.4, 0.5) is 17.3 Å². The molecule has 3 aliphatic rings. The molecular formula is C41H44N10O6. The Bertz CT molecular complexity index is 2280. The van der Waals surface area contributed by atoms with E-state index in [9.17, 15) is 24.0 Å². The van der Waals surface area contributed by atoms with Crippen molar-refractivity contribution >= 4 is 52.5 Å². The second kappa shape index (κ2) is 16.6. The first-order valence-corrected chi connectivity index (χ1v) is 19.5.